The Bertz CT molecular complexity index is 2450. The number of benzene rings is 1. The van der Waals surface area contributed by atoms with Crippen LogP contribution >= 0.6 is 23.5 Å². The maximum absolute atomic E-state index is 14.5. The highest BCUT2D eigenvalue weighted by atomic mass is 32.2. The summed E-state index contributed by atoms with van der Waals surface area (Å²) in [4.78, 5) is 157. The molecule has 1 aromatic carbocycles. The van der Waals surface area contributed by atoms with Crippen molar-refractivity contribution in [1.82, 2.24) is 46.7 Å². The first kappa shape index (κ1) is 61.1. The Morgan fingerprint density at radius 3 is 2.00 bits per heavy atom. The van der Waals surface area contributed by atoms with Crippen molar-refractivity contribution in [2.24, 2.45) is 11.5 Å². The van der Waals surface area contributed by atoms with Crippen LogP contribution in [0.15, 0.2) is 48.5 Å². The predicted octanol–water partition coefficient (Wildman–Crippen LogP) is -1.12. The van der Waals surface area contributed by atoms with Gasteiger partial charge in [0.25, 0.3) is 0 Å². The zero-order chi connectivity index (χ0) is 56.2. The highest BCUT2D eigenvalue weighted by Gasteiger charge is 2.45. The molecular weight excluding hydrogens is 1040 g/mol. The van der Waals surface area contributed by atoms with Gasteiger partial charge in [-0.2, -0.15) is 23.5 Å². The van der Waals surface area contributed by atoms with Gasteiger partial charge in [-0.05, 0) is 63.1 Å². The van der Waals surface area contributed by atoms with Crippen molar-refractivity contribution < 1.29 is 63.0 Å². The highest BCUT2D eigenvalue weighted by molar-refractivity contribution is 7.98. The van der Waals surface area contributed by atoms with E-state index in [9.17, 15) is 63.0 Å². The Kier molecular flexibility index (Phi) is 24.0. The number of carboxylic acid groups (broad SMARTS) is 1. The van der Waals surface area contributed by atoms with Crippen molar-refractivity contribution in [2.45, 2.75) is 157 Å². The largest absolute Gasteiger partial charge is 0.481 e. The van der Waals surface area contributed by atoms with Crippen LogP contribution in [-0.2, 0) is 70.7 Å². The maximum atomic E-state index is 14.5. The molecule has 24 nitrogen and oxygen atoms in total. The highest BCUT2D eigenvalue weighted by Crippen LogP contribution is 2.27. The van der Waals surface area contributed by atoms with Crippen LogP contribution in [0.4, 0.5) is 0 Å². The third-order valence-corrected chi connectivity index (χ3v) is 15.3. The minimum atomic E-state index is -1.72. The molecule has 26 heteroatoms. The summed E-state index contributed by atoms with van der Waals surface area (Å²) in [6.45, 7) is 3.59. The number of rotatable bonds is 16. The molecular formula is C51H71N11O13S2. The number of carbonyl (C=O) groups excluding carboxylic acids is 10. The molecule has 0 saturated carbocycles. The normalized spacial score (nSPS) is 24.3. The lowest BCUT2D eigenvalue weighted by Crippen LogP contribution is -2.62. The number of carboxylic acids is 1. The zero-order valence-corrected chi connectivity index (χ0v) is 44.9. The molecule has 2 fully saturated rings. The summed E-state index contributed by atoms with van der Waals surface area (Å²) in [5.74, 6) is -9.12. The summed E-state index contributed by atoms with van der Waals surface area (Å²) >= 11 is 2.48. The number of fused-ring (bicyclic) bond motifs is 4. The third-order valence-electron chi connectivity index (χ3n) is 13.2. The number of hydrogen-bond acceptors (Lipinski definition) is 15. The molecule has 2 saturated heterocycles. The van der Waals surface area contributed by atoms with E-state index in [-0.39, 0.29) is 55.5 Å². The molecule has 3 aliphatic rings. The fraction of sp³-hybridized carbons (Fsp3) is 0.569. The fourth-order valence-corrected chi connectivity index (χ4v) is 11.0. The number of thioether (sulfide) groups is 2. The first-order valence-corrected chi connectivity index (χ1v) is 28.1. The van der Waals surface area contributed by atoms with E-state index in [0.717, 1.165) is 24.6 Å². The van der Waals surface area contributed by atoms with Gasteiger partial charge in [0.05, 0.1) is 23.9 Å². The Balaban J connectivity index is 1.53. The minimum absolute atomic E-state index is 0.119. The van der Waals surface area contributed by atoms with Crippen molar-refractivity contribution in [3.05, 3.63) is 65.5 Å². The van der Waals surface area contributed by atoms with Crippen LogP contribution in [0.2, 0.25) is 0 Å². The van der Waals surface area contributed by atoms with Crippen LogP contribution in [0.25, 0.3) is 0 Å². The van der Waals surface area contributed by atoms with Crippen molar-refractivity contribution in [3.63, 3.8) is 0 Å². The number of aliphatic hydroxyl groups excluding tert-OH is 1. The number of primary amides is 2. The molecule has 4 heterocycles. The SMILES string of the molecule is CCCCCC(=O)N[C@H]1CSCc2cccc(n2)CSC[C@@H](C(=O)N[C@@H](CC(=O)O)C(N)=O)NC(=O)[C@H](Cc2ccccc2)NC(=O)[C@H](CCC(N)=O)NC(=O)[C@H]([C@@H](C)O)NC(=O)[C@@H]2CCCN2C(=O)[C@@H]2CCCN2C1=O. The van der Waals surface area contributed by atoms with E-state index in [1.54, 1.807) is 48.5 Å². The van der Waals surface area contributed by atoms with Crippen LogP contribution in [0.1, 0.15) is 101 Å². The molecule has 77 heavy (non-hydrogen) atoms. The van der Waals surface area contributed by atoms with E-state index in [0.29, 0.717) is 48.4 Å². The van der Waals surface area contributed by atoms with Gasteiger partial charge in [0, 0.05) is 55.4 Å². The Morgan fingerprint density at radius 2 is 1.38 bits per heavy atom. The number of nitrogens with one attached hydrogen (secondary N) is 6. The second kappa shape index (κ2) is 30.2. The third kappa shape index (κ3) is 18.7. The van der Waals surface area contributed by atoms with Gasteiger partial charge < -0.3 is 63.4 Å². The summed E-state index contributed by atoms with van der Waals surface area (Å²) in [6.07, 6.45) is 0.342. The maximum Gasteiger partial charge on any atom is 0.305 e. The van der Waals surface area contributed by atoms with Gasteiger partial charge in [-0.25, -0.2) is 0 Å². The fourth-order valence-electron chi connectivity index (χ4n) is 9.14. The molecule has 10 amide bonds. The van der Waals surface area contributed by atoms with Gasteiger partial charge >= 0.3 is 5.97 Å². The molecule has 12 N–H and O–H groups in total. The molecule has 1 aromatic heterocycles. The number of nitrogens with two attached hydrogens (primary N) is 2. The lowest BCUT2D eigenvalue weighted by Gasteiger charge is -2.33. The van der Waals surface area contributed by atoms with Crippen LogP contribution in [-0.4, -0.2) is 169 Å². The molecule has 0 radical (unpaired) electrons. The van der Waals surface area contributed by atoms with E-state index >= 15 is 0 Å². The molecule has 0 unspecified atom stereocenters. The smallest absolute Gasteiger partial charge is 0.305 e. The number of carbonyl (C=O) groups is 11. The second-order valence-electron chi connectivity index (χ2n) is 19.3. The number of aliphatic hydroxyl groups is 1. The average Bonchev–Trinajstić information content (AvgIpc) is 4.10. The average molecular weight is 1110 g/mol. The lowest BCUT2D eigenvalue weighted by molar-refractivity contribution is -0.148. The van der Waals surface area contributed by atoms with Crippen molar-refractivity contribution in [2.75, 3.05) is 24.6 Å². The summed E-state index contributed by atoms with van der Waals surface area (Å²) < 4.78 is 0. The van der Waals surface area contributed by atoms with Crippen LogP contribution in [0.5, 0.6) is 0 Å². The first-order chi connectivity index (χ1) is 36.8. The molecule has 9 atom stereocenters. The van der Waals surface area contributed by atoms with Gasteiger partial charge in [-0.3, -0.25) is 57.7 Å². The van der Waals surface area contributed by atoms with Gasteiger partial charge in [0.2, 0.25) is 59.1 Å². The Labute approximate surface area is 454 Å². The topological polar surface area (TPSA) is 372 Å². The zero-order valence-electron chi connectivity index (χ0n) is 43.2. The molecule has 2 bridgehead atoms. The number of pyridine rings is 1. The van der Waals surface area contributed by atoms with Gasteiger partial charge in [-0.15, -0.1) is 0 Å². The molecule has 2 aromatic rings. The summed E-state index contributed by atoms with van der Waals surface area (Å²) in [7, 11) is 0. The number of nitrogens with zero attached hydrogens (tertiary/aromatic N) is 3. The van der Waals surface area contributed by atoms with E-state index in [1.165, 1.54) is 28.5 Å². The van der Waals surface area contributed by atoms with Crippen molar-refractivity contribution in [3.8, 4) is 0 Å². The van der Waals surface area contributed by atoms with Crippen LogP contribution < -0.4 is 43.4 Å². The van der Waals surface area contributed by atoms with Gasteiger partial charge in [0.15, 0.2) is 0 Å². The lowest BCUT2D eigenvalue weighted by atomic mass is 10.0. The molecule has 420 valence electrons. The van der Waals surface area contributed by atoms with Gasteiger partial charge in [-0.1, -0.05) is 56.2 Å². The quantitative estimate of drug-likeness (QED) is 0.0891. The molecule has 0 aliphatic carbocycles. The number of aliphatic carboxylic acids is 1. The number of amides is 10. The monoisotopic (exact) mass is 1110 g/mol. The Morgan fingerprint density at radius 1 is 0.753 bits per heavy atom. The van der Waals surface area contributed by atoms with E-state index in [2.05, 4.69) is 31.9 Å². The minimum Gasteiger partial charge on any atom is -0.481 e. The number of hydrogen-bond donors (Lipinski definition) is 10. The van der Waals surface area contributed by atoms with E-state index in [1.807, 2.05) is 6.92 Å². The number of unbranched alkanes of at least 4 members (excludes halogenated alkanes) is 2. The summed E-state index contributed by atoms with van der Waals surface area (Å²) in [5, 5.41) is 35.8. The van der Waals surface area contributed by atoms with Crippen molar-refractivity contribution in [1.29, 1.82) is 0 Å². The predicted molar refractivity (Wildman–Crippen MR) is 283 cm³/mol. The second-order valence-corrected chi connectivity index (χ2v) is 21.3. The Hall–Kier alpha value is -6.80. The van der Waals surface area contributed by atoms with Crippen LogP contribution in [0, 0.1) is 0 Å². The standard InChI is InChI=1S/C51H71N11O13S2/c1-3-4-6-18-41(65)55-37-28-77-26-32-15-9-14-31(54-32)25-76-27-36(47(71)57-34(44(53)68)24-42(66)67)59-46(70)35(23-30-12-7-5-8-13-30)58-45(69)33(19-20-40(52)64)56-49(73)43(29(2)63)60-48(72)38-16-10-21-61(38)51(75)39-17-11-22-62(39)50(37)74/h5,7-9,12-15,29,33-39,43,63H,3-4,6,10-11,16-28H2,1-2H3,(H2,52,64)(H2,53,68)(H,55,65)(H,56,73)(H,57,71)(H,58,69)(H,59,70)(H,60,72)(H,66,67)/t29-,33+,34+,35+,36+,37+,38+,39+,43+/m1/s1. The first-order valence-electron chi connectivity index (χ1n) is 25.8. The summed E-state index contributed by atoms with van der Waals surface area (Å²) in [6, 6.07) is 2.57. The molecule has 5 rings (SSSR count). The van der Waals surface area contributed by atoms with E-state index in [4.69, 9.17) is 16.5 Å². The molecule has 3 aliphatic heterocycles. The molecule has 0 spiro atoms. The van der Waals surface area contributed by atoms with Crippen LogP contribution in [0.3, 0.4) is 0 Å². The van der Waals surface area contributed by atoms with Crippen molar-refractivity contribution >= 4 is 88.6 Å². The van der Waals surface area contributed by atoms with E-state index < -0.39 is 133 Å². The number of aromatic nitrogens is 1. The van der Waals surface area contributed by atoms with Gasteiger partial charge in [0.1, 0.15) is 48.3 Å². The summed E-state index contributed by atoms with van der Waals surface area (Å²) in [5.41, 5.74) is 12.6.